The number of rotatable bonds is 7. The molecule has 1 unspecified atom stereocenters. The number of hydrogen-bond donors (Lipinski definition) is 3. The van der Waals surface area contributed by atoms with Gasteiger partial charge in [0, 0.05) is 36.7 Å². The zero-order valence-corrected chi connectivity index (χ0v) is 17.8. The van der Waals surface area contributed by atoms with Crippen molar-refractivity contribution in [2.75, 3.05) is 23.7 Å². The standard InChI is InChI=1S/C21H25N9O2/c1-3-17(31)29-9-5-6-15(12-29)25-21-26-20(18(19(22)32)27-28-21)24-14-7-8-16-13(10-14)11-23-30(16)4-2/h3,7-8,10-11,15H,1,4-6,9,12H2,2H3,(H2,22,32)(H2,24,25,26,28). The van der Waals surface area contributed by atoms with E-state index in [1.54, 1.807) is 11.1 Å². The summed E-state index contributed by atoms with van der Waals surface area (Å²) < 4.78 is 1.90. The smallest absolute Gasteiger partial charge is 0.273 e. The number of nitrogens with two attached hydrogens (primary N) is 1. The number of aryl methyl sites for hydroxylation is 1. The van der Waals surface area contributed by atoms with E-state index in [0.717, 1.165) is 30.3 Å². The monoisotopic (exact) mass is 435 g/mol. The average Bonchev–Trinajstić information content (AvgIpc) is 3.21. The molecular weight excluding hydrogens is 410 g/mol. The summed E-state index contributed by atoms with van der Waals surface area (Å²) in [7, 11) is 0. The average molecular weight is 435 g/mol. The molecule has 1 fully saturated rings. The topological polar surface area (TPSA) is 144 Å². The predicted molar refractivity (Wildman–Crippen MR) is 120 cm³/mol. The van der Waals surface area contributed by atoms with Crippen LogP contribution in [0.1, 0.15) is 30.3 Å². The lowest BCUT2D eigenvalue weighted by atomic mass is 10.1. The number of hydrogen-bond acceptors (Lipinski definition) is 8. The third-order valence-electron chi connectivity index (χ3n) is 5.37. The molecule has 4 rings (SSSR count). The number of amides is 2. The van der Waals surface area contributed by atoms with E-state index in [0.29, 0.717) is 18.8 Å². The Kier molecular flexibility index (Phi) is 5.97. The molecular formula is C21H25N9O2. The van der Waals surface area contributed by atoms with Crippen LogP contribution in [0.4, 0.5) is 17.5 Å². The maximum absolute atomic E-state index is 11.9. The number of anilines is 3. The number of piperidine rings is 1. The van der Waals surface area contributed by atoms with Crippen LogP contribution in [0.5, 0.6) is 0 Å². The van der Waals surface area contributed by atoms with Crippen molar-refractivity contribution < 1.29 is 9.59 Å². The van der Waals surface area contributed by atoms with Crippen molar-refractivity contribution in [1.29, 1.82) is 0 Å². The fourth-order valence-electron chi connectivity index (χ4n) is 3.80. The van der Waals surface area contributed by atoms with E-state index >= 15 is 0 Å². The molecule has 1 aromatic carbocycles. The molecule has 0 spiro atoms. The highest BCUT2D eigenvalue weighted by Gasteiger charge is 2.23. The highest BCUT2D eigenvalue weighted by Crippen LogP contribution is 2.24. The predicted octanol–water partition coefficient (Wildman–Crippen LogP) is 1.67. The van der Waals surface area contributed by atoms with Gasteiger partial charge in [-0.05, 0) is 44.0 Å². The van der Waals surface area contributed by atoms with Gasteiger partial charge in [0.2, 0.25) is 11.9 Å². The highest BCUT2D eigenvalue weighted by atomic mass is 16.2. The van der Waals surface area contributed by atoms with E-state index < -0.39 is 5.91 Å². The molecule has 0 saturated carbocycles. The molecule has 11 heteroatoms. The summed E-state index contributed by atoms with van der Waals surface area (Å²) in [5.41, 5.74) is 7.13. The second-order valence-electron chi connectivity index (χ2n) is 7.53. The second-order valence-corrected chi connectivity index (χ2v) is 7.53. The number of fused-ring (bicyclic) bond motifs is 1. The number of aromatic nitrogens is 5. The number of carbonyl (C=O) groups excluding carboxylic acids is 2. The molecule has 3 heterocycles. The van der Waals surface area contributed by atoms with Crippen molar-refractivity contribution in [3.8, 4) is 0 Å². The number of nitrogens with zero attached hydrogens (tertiary/aromatic N) is 6. The highest BCUT2D eigenvalue weighted by molar-refractivity contribution is 5.96. The summed E-state index contributed by atoms with van der Waals surface area (Å²) in [5.74, 6) is -0.398. The van der Waals surface area contributed by atoms with Gasteiger partial charge in [0.05, 0.1) is 11.7 Å². The summed E-state index contributed by atoms with van der Waals surface area (Å²) in [6.45, 7) is 7.53. The van der Waals surface area contributed by atoms with E-state index in [2.05, 4.69) is 37.5 Å². The fraction of sp³-hybridized carbons (Fsp3) is 0.333. The Hall–Kier alpha value is -4.02. The fourth-order valence-corrected chi connectivity index (χ4v) is 3.80. The maximum atomic E-state index is 11.9. The van der Waals surface area contributed by atoms with Crippen LogP contribution in [0, 0.1) is 0 Å². The van der Waals surface area contributed by atoms with Crippen molar-refractivity contribution in [1.82, 2.24) is 29.9 Å². The Balaban J connectivity index is 1.56. The van der Waals surface area contributed by atoms with Gasteiger partial charge in [0.15, 0.2) is 11.5 Å². The minimum Gasteiger partial charge on any atom is -0.364 e. The molecule has 4 N–H and O–H groups in total. The van der Waals surface area contributed by atoms with E-state index in [-0.39, 0.29) is 29.4 Å². The van der Waals surface area contributed by atoms with Crippen LogP contribution in [0.3, 0.4) is 0 Å². The van der Waals surface area contributed by atoms with E-state index in [9.17, 15) is 9.59 Å². The first kappa shape index (κ1) is 21.2. The zero-order valence-electron chi connectivity index (χ0n) is 17.8. The molecule has 3 aromatic rings. The molecule has 0 bridgehead atoms. The number of likely N-dealkylation sites (tertiary alicyclic amines) is 1. The van der Waals surface area contributed by atoms with E-state index in [1.807, 2.05) is 29.8 Å². The molecule has 0 radical (unpaired) electrons. The van der Waals surface area contributed by atoms with E-state index in [4.69, 9.17) is 5.73 Å². The summed E-state index contributed by atoms with van der Waals surface area (Å²) in [6.07, 6.45) is 4.79. The molecule has 1 saturated heterocycles. The first-order valence-corrected chi connectivity index (χ1v) is 10.4. The van der Waals surface area contributed by atoms with Gasteiger partial charge in [-0.1, -0.05) is 6.58 Å². The van der Waals surface area contributed by atoms with Crippen molar-refractivity contribution in [2.45, 2.75) is 32.4 Å². The first-order valence-electron chi connectivity index (χ1n) is 10.4. The number of primary amides is 1. The summed E-state index contributed by atoms with van der Waals surface area (Å²) in [6, 6.07) is 5.68. The van der Waals surface area contributed by atoms with Crippen LogP contribution in [0.2, 0.25) is 0 Å². The summed E-state index contributed by atoms with van der Waals surface area (Å²) >= 11 is 0. The summed E-state index contributed by atoms with van der Waals surface area (Å²) in [5, 5.41) is 19.6. The molecule has 1 atom stereocenters. The molecule has 2 aromatic heterocycles. The lowest BCUT2D eigenvalue weighted by molar-refractivity contribution is -0.127. The second kappa shape index (κ2) is 9.00. The van der Waals surface area contributed by atoms with Crippen molar-refractivity contribution in [3.05, 3.63) is 42.7 Å². The third kappa shape index (κ3) is 4.36. The lowest BCUT2D eigenvalue weighted by Gasteiger charge is -2.32. The number of carbonyl (C=O) groups is 2. The molecule has 11 nitrogen and oxygen atoms in total. The SMILES string of the molecule is C=CC(=O)N1CCCC(Nc2nnc(C(N)=O)c(Nc3ccc4c(cnn4CC)c3)n2)C1. The van der Waals surface area contributed by atoms with E-state index in [1.165, 1.54) is 6.08 Å². The molecule has 0 aliphatic carbocycles. The molecule has 32 heavy (non-hydrogen) atoms. The van der Waals surface area contributed by atoms with Gasteiger partial charge >= 0.3 is 0 Å². The Morgan fingerprint density at radius 3 is 2.94 bits per heavy atom. The van der Waals surface area contributed by atoms with Gasteiger partial charge in [0.1, 0.15) is 0 Å². The normalized spacial score (nSPS) is 16.0. The van der Waals surface area contributed by atoms with Crippen LogP contribution in [0.25, 0.3) is 10.9 Å². The largest absolute Gasteiger partial charge is 0.364 e. The Morgan fingerprint density at radius 1 is 1.34 bits per heavy atom. The summed E-state index contributed by atoms with van der Waals surface area (Å²) in [4.78, 5) is 30.0. The van der Waals surface area contributed by atoms with Gasteiger partial charge in [0.25, 0.3) is 5.91 Å². The van der Waals surface area contributed by atoms with Gasteiger partial charge in [-0.3, -0.25) is 14.3 Å². The van der Waals surface area contributed by atoms with Crippen LogP contribution in [-0.4, -0.2) is 60.8 Å². The lowest BCUT2D eigenvalue weighted by Crippen LogP contribution is -2.44. The van der Waals surface area contributed by atoms with Gasteiger partial charge in [-0.2, -0.15) is 10.1 Å². The molecule has 166 valence electrons. The minimum atomic E-state index is -0.737. The molecule has 2 amide bonds. The van der Waals surface area contributed by atoms with Crippen LogP contribution in [0.15, 0.2) is 37.1 Å². The maximum Gasteiger partial charge on any atom is 0.273 e. The number of benzene rings is 1. The Morgan fingerprint density at radius 2 is 2.19 bits per heavy atom. The van der Waals surface area contributed by atoms with Gasteiger partial charge in [-0.15, -0.1) is 10.2 Å². The van der Waals surface area contributed by atoms with Crippen molar-refractivity contribution in [3.63, 3.8) is 0 Å². The first-order chi connectivity index (χ1) is 15.5. The van der Waals surface area contributed by atoms with Gasteiger partial charge < -0.3 is 21.3 Å². The molecule has 1 aliphatic heterocycles. The van der Waals surface area contributed by atoms with Gasteiger partial charge in [-0.25, -0.2) is 0 Å². The Labute approximate surface area is 184 Å². The minimum absolute atomic E-state index is 0.0436. The van der Waals surface area contributed by atoms with Crippen molar-refractivity contribution >= 4 is 40.2 Å². The van der Waals surface area contributed by atoms with Crippen LogP contribution >= 0.6 is 0 Å². The van der Waals surface area contributed by atoms with Crippen LogP contribution in [-0.2, 0) is 11.3 Å². The van der Waals surface area contributed by atoms with Crippen LogP contribution < -0.4 is 16.4 Å². The number of nitrogens with one attached hydrogen (secondary N) is 2. The van der Waals surface area contributed by atoms with Crippen molar-refractivity contribution in [2.24, 2.45) is 5.73 Å². The Bertz CT molecular complexity index is 1170. The quantitative estimate of drug-likeness (QED) is 0.476. The molecule has 1 aliphatic rings. The third-order valence-corrected chi connectivity index (χ3v) is 5.37. The zero-order chi connectivity index (χ0) is 22.7.